The zero-order valence-electron chi connectivity index (χ0n) is 13.6. The number of benzene rings is 2. The molecule has 0 N–H and O–H groups in total. The molecule has 4 nitrogen and oxygen atoms in total. The van der Waals surface area contributed by atoms with Gasteiger partial charge in [0.1, 0.15) is 0 Å². The zero-order valence-corrected chi connectivity index (χ0v) is 13.6. The van der Waals surface area contributed by atoms with Crippen LogP contribution in [0.4, 0.5) is 5.69 Å². The quantitative estimate of drug-likeness (QED) is 0.517. The third-order valence-electron chi connectivity index (χ3n) is 3.94. The maximum absolute atomic E-state index is 10.8. The van der Waals surface area contributed by atoms with Gasteiger partial charge in [0.25, 0.3) is 5.69 Å². The van der Waals surface area contributed by atoms with E-state index in [0.717, 1.165) is 44.5 Å². The van der Waals surface area contributed by atoms with Gasteiger partial charge in [-0.05, 0) is 36.9 Å². The number of nitro benzene ring substituents is 1. The summed E-state index contributed by atoms with van der Waals surface area (Å²) in [6.45, 7) is 5.19. The molecule has 0 radical (unpaired) electrons. The van der Waals surface area contributed by atoms with Crippen molar-refractivity contribution in [1.82, 2.24) is 4.90 Å². The van der Waals surface area contributed by atoms with Crippen molar-refractivity contribution in [3.63, 3.8) is 0 Å². The summed E-state index contributed by atoms with van der Waals surface area (Å²) in [6.07, 6.45) is 3.00. The largest absolute Gasteiger partial charge is 0.303 e. The van der Waals surface area contributed by atoms with Gasteiger partial charge >= 0.3 is 0 Å². The normalized spacial score (nSPS) is 10.9. The highest BCUT2D eigenvalue weighted by molar-refractivity contribution is 5.34. The second kappa shape index (κ2) is 9.06. The summed E-state index contributed by atoms with van der Waals surface area (Å²) in [5, 5.41) is 10.8. The van der Waals surface area contributed by atoms with Crippen molar-refractivity contribution in [2.24, 2.45) is 0 Å². The molecule has 4 heteroatoms. The van der Waals surface area contributed by atoms with Crippen LogP contribution in [-0.2, 0) is 12.8 Å². The first-order chi connectivity index (χ1) is 11.2. The van der Waals surface area contributed by atoms with Gasteiger partial charge in [0.05, 0.1) is 4.92 Å². The minimum Gasteiger partial charge on any atom is -0.303 e. The van der Waals surface area contributed by atoms with Gasteiger partial charge in [-0.2, -0.15) is 0 Å². The van der Waals surface area contributed by atoms with E-state index in [2.05, 4.69) is 36.1 Å². The van der Waals surface area contributed by atoms with Crippen molar-refractivity contribution in [2.75, 3.05) is 19.6 Å². The molecule has 0 unspecified atom stereocenters. The first kappa shape index (κ1) is 17.2. The topological polar surface area (TPSA) is 46.4 Å². The highest BCUT2D eigenvalue weighted by Gasteiger charge is 2.08. The lowest BCUT2D eigenvalue weighted by Crippen LogP contribution is -2.29. The van der Waals surface area contributed by atoms with Crippen molar-refractivity contribution in [2.45, 2.75) is 26.2 Å². The Morgan fingerprint density at radius 3 is 2.22 bits per heavy atom. The van der Waals surface area contributed by atoms with Crippen LogP contribution in [0.25, 0.3) is 0 Å². The molecule has 0 aliphatic heterocycles. The Labute approximate surface area is 137 Å². The molecule has 0 aliphatic rings. The third-order valence-corrected chi connectivity index (χ3v) is 3.94. The van der Waals surface area contributed by atoms with Crippen LogP contribution >= 0.6 is 0 Å². The minimum absolute atomic E-state index is 0.175. The van der Waals surface area contributed by atoms with Crippen LogP contribution in [0.5, 0.6) is 0 Å². The SMILES string of the molecule is CCCN(CCc1ccccc1)CCc1cccc([N+](=O)[O-])c1. The van der Waals surface area contributed by atoms with Crippen molar-refractivity contribution in [3.8, 4) is 0 Å². The van der Waals surface area contributed by atoms with Crippen LogP contribution in [0.3, 0.4) is 0 Å². The summed E-state index contributed by atoms with van der Waals surface area (Å²) >= 11 is 0. The number of nitro groups is 1. The second-order valence-corrected chi connectivity index (χ2v) is 5.75. The standard InChI is InChI=1S/C19H24N2O2/c1-2-13-20(14-11-17-7-4-3-5-8-17)15-12-18-9-6-10-19(16-18)21(22)23/h3-10,16H,2,11-15H2,1H3. The Morgan fingerprint density at radius 2 is 1.57 bits per heavy atom. The fourth-order valence-electron chi connectivity index (χ4n) is 2.70. The second-order valence-electron chi connectivity index (χ2n) is 5.75. The smallest absolute Gasteiger partial charge is 0.269 e. The van der Waals surface area contributed by atoms with Crippen LogP contribution in [-0.4, -0.2) is 29.5 Å². The fraction of sp³-hybridized carbons (Fsp3) is 0.368. The molecule has 23 heavy (non-hydrogen) atoms. The Kier molecular flexibility index (Phi) is 6.76. The molecule has 0 saturated heterocycles. The summed E-state index contributed by atoms with van der Waals surface area (Å²) in [5.74, 6) is 0. The van der Waals surface area contributed by atoms with Crippen LogP contribution in [0, 0.1) is 10.1 Å². The number of rotatable bonds is 9. The lowest BCUT2D eigenvalue weighted by Gasteiger charge is -2.21. The lowest BCUT2D eigenvalue weighted by molar-refractivity contribution is -0.384. The van der Waals surface area contributed by atoms with Gasteiger partial charge in [-0.3, -0.25) is 10.1 Å². The molecule has 0 aromatic heterocycles. The Morgan fingerprint density at radius 1 is 0.913 bits per heavy atom. The predicted molar refractivity (Wildman–Crippen MR) is 93.7 cm³/mol. The Bertz CT molecular complexity index is 614. The monoisotopic (exact) mass is 312 g/mol. The van der Waals surface area contributed by atoms with Crippen LogP contribution in [0.2, 0.25) is 0 Å². The molecule has 0 aliphatic carbocycles. The Balaban J connectivity index is 1.89. The van der Waals surface area contributed by atoms with E-state index in [-0.39, 0.29) is 10.6 Å². The maximum Gasteiger partial charge on any atom is 0.269 e. The average molecular weight is 312 g/mol. The molecule has 122 valence electrons. The van der Waals surface area contributed by atoms with Crippen molar-refractivity contribution >= 4 is 5.69 Å². The molecule has 0 amide bonds. The summed E-state index contributed by atoms with van der Waals surface area (Å²) in [5.41, 5.74) is 2.55. The van der Waals surface area contributed by atoms with Gasteiger partial charge in [0.2, 0.25) is 0 Å². The van der Waals surface area contributed by atoms with E-state index in [1.807, 2.05) is 12.1 Å². The number of hydrogen-bond acceptors (Lipinski definition) is 3. The molecule has 2 rings (SSSR count). The van der Waals surface area contributed by atoms with Crippen LogP contribution < -0.4 is 0 Å². The highest BCUT2D eigenvalue weighted by Crippen LogP contribution is 2.14. The molecule has 0 saturated carbocycles. The molecule has 0 bridgehead atoms. The number of nitrogens with zero attached hydrogens (tertiary/aromatic N) is 2. The number of non-ortho nitro benzene ring substituents is 1. The van der Waals surface area contributed by atoms with Crippen molar-refractivity contribution in [1.29, 1.82) is 0 Å². The summed E-state index contributed by atoms with van der Waals surface area (Å²) in [6, 6.07) is 17.5. The van der Waals surface area contributed by atoms with Crippen LogP contribution in [0.15, 0.2) is 54.6 Å². The van der Waals surface area contributed by atoms with E-state index in [1.54, 1.807) is 18.2 Å². The van der Waals surface area contributed by atoms with E-state index in [0.29, 0.717) is 0 Å². The maximum atomic E-state index is 10.8. The van der Waals surface area contributed by atoms with E-state index in [9.17, 15) is 10.1 Å². The van der Waals surface area contributed by atoms with Crippen molar-refractivity contribution in [3.05, 3.63) is 75.8 Å². The third kappa shape index (κ3) is 5.83. The van der Waals surface area contributed by atoms with Gasteiger partial charge in [-0.15, -0.1) is 0 Å². The molecule has 0 spiro atoms. The average Bonchev–Trinajstić information content (AvgIpc) is 2.58. The minimum atomic E-state index is -0.331. The molecule has 0 heterocycles. The lowest BCUT2D eigenvalue weighted by atomic mass is 10.1. The van der Waals surface area contributed by atoms with Gasteiger partial charge in [0.15, 0.2) is 0 Å². The van der Waals surface area contributed by atoms with E-state index in [4.69, 9.17) is 0 Å². The van der Waals surface area contributed by atoms with E-state index >= 15 is 0 Å². The molecular weight excluding hydrogens is 288 g/mol. The molecular formula is C19H24N2O2. The first-order valence-electron chi connectivity index (χ1n) is 8.18. The van der Waals surface area contributed by atoms with Crippen molar-refractivity contribution < 1.29 is 4.92 Å². The highest BCUT2D eigenvalue weighted by atomic mass is 16.6. The number of hydrogen-bond donors (Lipinski definition) is 0. The summed E-state index contributed by atoms with van der Waals surface area (Å²) < 4.78 is 0. The summed E-state index contributed by atoms with van der Waals surface area (Å²) in [4.78, 5) is 13.0. The fourth-order valence-corrected chi connectivity index (χ4v) is 2.70. The van der Waals surface area contributed by atoms with Gasteiger partial charge in [0, 0.05) is 25.2 Å². The molecule has 2 aromatic carbocycles. The van der Waals surface area contributed by atoms with E-state index in [1.165, 1.54) is 5.56 Å². The summed E-state index contributed by atoms with van der Waals surface area (Å²) in [7, 11) is 0. The molecule has 0 fully saturated rings. The molecule has 0 atom stereocenters. The van der Waals surface area contributed by atoms with Gasteiger partial charge in [-0.1, -0.05) is 49.4 Å². The Hall–Kier alpha value is -2.20. The zero-order chi connectivity index (χ0) is 16.5. The first-order valence-corrected chi connectivity index (χ1v) is 8.18. The van der Waals surface area contributed by atoms with Crippen LogP contribution in [0.1, 0.15) is 24.5 Å². The van der Waals surface area contributed by atoms with Gasteiger partial charge in [-0.25, -0.2) is 0 Å². The van der Waals surface area contributed by atoms with E-state index < -0.39 is 0 Å². The predicted octanol–water partition coefficient (Wildman–Crippen LogP) is 4.09. The molecule has 2 aromatic rings. The van der Waals surface area contributed by atoms with Gasteiger partial charge < -0.3 is 4.90 Å².